The fraction of sp³-hybridized carbons (Fsp3) is 0.219. The minimum Gasteiger partial charge on any atom is -0.394 e. The highest BCUT2D eigenvalue weighted by molar-refractivity contribution is 6.58. The Hall–Kier alpha value is -4.71. The van der Waals surface area contributed by atoms with Gasteiger partial charge in [-0.05, 0) is 54.9 Å². The third-order valence-corrected chi connectivity index (χ3v) is 7.85. The van der Waals surface area contributed by atoms with E-state index < -0.39 is 6.97 Å². The molecule has 0 unspecified atom stereocenters. The van der Waals surface area contributed by atoms with Gasteiger partial charge in [0.15, 0.2) is 5.70 Å². The van der Waals surface area contributed by atoms with Gasteiger partial charge in [0.1, 0.15) is 5.71 Å². The predicted molar refractivity (Wildman–Crippen MR) is 157 cm³/mol. The number of anilines is 1. The third-order valence-electron chi connectivity index (χ3n) is 7.85. The molecule has 1 N–H and O–H groups in total. The number of hydrogen-bond donors (Lipinski definition) is 1. The topological polar surface area (TPSA) is 57.4 Å². The molecule has 0 fully saturated rings. The highest BCUT2D eigenvalue weighted by Crippen LogP contribution is 2.34. The van der Waals surface area contributed by atoms with Crippen LogP contribution in [-0.4, -0.2) is 40.0 Å². The second kappa shape index (κ2) is 10.4. The molecule has 0 spiro atoms. The molecule has 206 valence electrons. The first-order valence-corrected chi connectivity index (χ1v) is 13.8. The Morgan fingerprint density at radius 1 is 1.00 bits per heavy atom. The van der Waals surface area contributed by atoms with Crippen molar-refractivity contribution in [1.82, 2.24) is 9.79 Å². The number of allylic oxidation sites excluding steroid dienone is 2. The van der Waals surface area contributed by atoms with E-state index in [1.807, 2.05) is 55.5 Å². The SMILES string of the molecule is Cc1cc(C)n2c1C=C1C=CC(CCC(=O)NCCC(=O)N3Cc4ccccc4C#Cc4ccccc43)=[N+]1[B-]2(F)F. The van der Waals surface area contributed by atoms with Crippen molar-refractivity contribution in [3.8, 4) is 11.8 Å². The zero-order valence-corrected chi connectivity index (χ0v) is 23.0. The van der Waals surface area contributed by atoms with Gasteiger partial charge in [0.05, 0.1) is 12.2 Å². The van der Waals surface area contributed by atoms with E-state index in [1.165, 1.54) is 0 Å². The molecule has 4 heterocycles. The van der Waals surface area contributed by atoms with Crippen LogP contribution in [0.3, 0.4) is 0 Å². The number of nitrogens with one attached hydrogen (secondary N) is 1. The first-order chi connectivity index (χ1) is 19.7. The van der Waals surface area contributed by atoms with Gasteiger partial charge in [-0.1, -0.05) is 42.2 Å². The second-order valence-corrected chi connectivity index (χ2v) is 10.6. The monoisotopic (exact) mass is 550 g/mol. The molecule has 41 heavy (non-hydrogen) atoms. The Bertz CT molecular complexity index is 1760. The maximum Gasteiger partial charge on any atom is 0.737 e. The normalized spacial score (nSPS) is 15.9. The second-order valence-electron chi connectivity index (χ2n) is 10.6. The lowest BCUT2D eigenvalue weighted by atomic mass is 9.90. The number of hydrogen-bond acceptors (Lipinski definition) is 2. The van der Waals surface area contributed by atoms with Crippen molar-refractivity contribution in [2.24, 2.45) is 0 Å². The molecule has 0 bridgehead atoms. The minimum absolute atomic E-state index is 0.0376. The van der Waals surface area contributed by atoms with Gasteiger partial charge < -0.3 is 27.8 Å². The number of aryl methyl sites for hydroxylation is 2. The van der Waals surface area contributed by atoms with Crippen molar-refractivity contribution in [3.05, 3.63) is 106 Å². The van der Waals surface area contributed by atoms with E-state index in [0.29, 0.717) is 29.3 Å². The van der Waals surface area contributed by atoms with Gasteiger partial charge in [0.2, 0.25) is 11.8 Å². The van der Waals surface area contributed by atoms with E-state index in [4.69, 9.17) is 0 Å². The number of carbonyl (C=O) groups is 2. The van der Waals surface area contributed by atoms with Gasteiger partial charge in [-0.25, -0.2) is 0 Å². The number of fused-ring (bicyclic) bond motifs is 4. The van der Waals surface area contributed by atoms with Gasteiger partial charge >= 0.3 is 6.97 Å². The number of amides is 2. The molecule has 6 nitrogen and oxygen atoms in total. The van der Waals surface area contributed by atoms with Gasteiger partial charge in [0, 0.05) is 60.9 Å². The van der Waals surface area contributed by atoms with Crippen LogP contribution in [0, 0.1) is 25.7 Å². The fourth-order valence-corrected chi connectivity index (χ4v) is 5.88. The highest BCUT2D eigenvalue weighted by atomic mass is 19.2. The Kier molecular flexibility index (Phi) is 6.70. The zero-order valence-electron chi connectivity index (χ0n) is 23.0. The highest BCUT2D eigenvalue weighted by Gasteiger charge is 2.52. The molecule has 0 saturated carbocycles. The van der Waals surface area contributed by atoms with Crippen LogP contribution in [0.4, 0.5) is 14.3 Å². The molecular weight excluding hydrogens is 521 g/mol. The first-order valence-electron chi connectivity index (χ1n) is 13.8. The summed E-state index contributed by atoms with van der Waals surface area (Å²) < 4.78 is 33.4. The van der Waals surface area contributed by atoms with Crippen molar-refractivity contribution in [3.63, 3.8) is 0 Å². The van der Waals surface area contributed by atoms with Crippen LogP contribution in [-0.2, 0) is 16.1 Å². The Balaban J connectivity index is 1.10. The number of aromatic nitrogens is 1. The Morgan fingerprint density at radius 3 is 2.56 bits per heavy atom. The molecule has 0 aliphatic carbocycles. The van der Waals surface area contributed by atoms with E-state index in [0.717, 1.165) is 36.9 Å². The summed E-state index contributed by atoms with van der Waals surface area (Å²) in [6.45, 7) is -0.0273. The van der Waals surface area contributed by atoms with Crippen molar-refractivity contribution < 1.29 is 22.7 Å². The molecule has 3 aromatic rings. The summed E-state index contributed by atoms with van der Waals surface area (Å²) in [6, 6.07) is 17.0. The quantitative estimate of drug-likeness (QED) is 0.350. The molecular formula is C32H29BF2N4O2. The minimum atomic E-state index is -4.06. The van der Waals surface area contributed by atoms with E-state index in [9.17, 15) is 9.59 Å². The molecule has 0 atom stereocenters. The van der Waals surface area contributed by atoms with Gasteiger partial charge in [-0.3, -0.25) is 9.59 Å². The Morgan fingerprint density at radius 2 is 1.73 bits per heavy atom. The lowest BCUT2D eigenvalue weighted by molar-refractivity contribution is -0.362. The molecule has 2 amide bonds. The Labute approximate surface area is 237 Å². The number of rotatable bonds is 6. The van der Waals surface area contributed by atoms with Gasteiger partial charge in [0.25, 0.3) is 0 Å². The zero-order chi connectivity index (χ0) is 28.7. The van der Waals surface area contributed by atoms with E-state index >= 15 is 8.63 Å². The molecule has 1 aromatic heterocycles. The molecule has 2 aromatic carbocycles. The van der Waals surface area contributed by atoms with Crippen LogP contribution in [0.5, 0.6) is 0 Å². The number of benzene rings is 2. The first kappa shape index (κ1) is 26.5. The lowest BCUT2D eigenvalue weighted by Gasteiger charge is -2.30. The molecule has 9 heteroatoms. The average Bonchev–Trinajstić information content (AvgIpc) is 3.49. The van der Waals surface area contributed by atoms with E-state index in [2.05, 4.69) is 17.2 Å². The standard InChI is InChI=1S/C32H29BF2N4O2/c1-22-19-23(2)38-30(22)20-28-14-13-27(39(28)33(38,34)35)15-16-31(40)36-18-17-32(41)37-21-26-9-4-3-7-24(26)11-12-25-8-5-6-10-29(25)37/h3-10,13-14,19-20H,15-18,21H2,1-2H3,(H,36,40). The van der Waals surface area contributed by atoms with E-state index in [1.54, 1.807) is 36.1 Å². The third kappa shape index (κ3) is 4.80. The summed E-state index contributed by atoms with van der Waals surface area (Å²) in [5, 5.41) is 2.80. The maximum absolute atomic E-state index is 15.6. The largest absolute Gasteiger partial charge is 0.737 e. The predicted octanol–water partition coefficient (Wildman–Crippen LogP) is 4.94. The van der Waals surface area contributed by atoms with Crippen LogP contribution in [0.25, 0.3) is 6.08 Å². The van der Waals surface area contributed by atoms with Crippen molar-refractivity contribution in [2.75, 3.05) is 11.4 Å². The van der Waals surface area contributed by atoms with E-state index in [-0.39, 0.29) is 37.6 Å². The summed E-state index contributed by atoms with van der Waals surface area (Å²) >= 11 is 0. The number of nitrogens with zero attached hydrogens (tertiary/aromatic N) is 3. The summed E-state index contributed by atoms with van der Waals surface area (Å²) in [6.07, 6.45) is 5.40. The van der Waals surface area contributed by atoms with Crippen LogP contribution >= 0.6 is 0 Å². The van der Waals surface area contributed by atoms with Crippen LogP contribution < -0.4 is 10.2 Å². The molecule has 3 aliphatic rings. The number of carbonyl (C=O) groups excluding carboxylic acids is 2. The van der Waals surface area contributed by atoms with Crippen molar-refractivity contribution in [1.29, 1.82) is 0 Å². The smallest absolute Gasteiger partial charge is 0.394 e. The van der Waals surface area contributed by atoms with Crippen molar-refractivity contribution >= 4 is 36.3 Å². The number of halogens is 2. The van der Waals surface area contributed by atoms with Crippen LogP contribution in [0.2, 0.25) is 0 Å². The van der Waals surface area contributed by atoms with Crippen LogP contribution in [0.15, 0.2) is 72.4 Å². The fourth-order valence-electron chi connectivity index (χ4n) is 5.88. The lowest BCUT2D eigenvalue weighted by Crippen LogP contribution is -2.50. The van der Waals surface area contributed by atoms with Crippen LogP contribution in [0.1, 0.15) is 52.9 Å². The van der Waals surface area contributed by atoms with Gasteiger partial charge in [-0.15, -0.1) is 0 Å². The average molecular weight is 550 g/mol. The summed E-state index contributed by atoms with van der Waals surface area (Å²) in [5.74, 6) is 5.95. The number of para-hydroxylation sites is 1. The maximum atomic E-state index is 15.6. The summed E-state index contributed by atoms with van der Waals surface area (Å²) in [5.41, 5.74) is 6.00. The summed E-state index contributed by atoms with van der Waals surface area (Å²) in [4.78, 5) is 27.8. The molecule has 6 rings (SSSR count). The van der Waals surface area contributed by atoms with Crippen molar-refractivity contribution in [2.45, 2.75) is 39.7 Å². The molecule has 0 radical (unpaired) electrons. The molecule has 0 saturated heterocycles. The molecule has 3 aliphatic heterocycles. The van der Waals surface area contributed by atoms with Gasteiger partial charge in [-0.2, -0.15) is 0 Å². The summed E-state index contributed by atoms with van der Waals surface area (Å²) in [7, 11) is 0.